The molecule has 1 unspecified atom stereocenters. The lowest BCUT2D eigenvalue weighted by molar-refractivity contribution is -0.148. The molecule has 0 bridgehead atoms. The summed E-state index contributed by atoms with van der Waals surface area (Å²) in [6.07, 6.45) is 1.02. The minimum Gasteiger partial charge on any atom is -0.493 e. The van der Waals surface area contributed by atoms with Crippen molar-refractivity contribution in [3.63, 3.8) is 0 Å². The van der Waals surface area contributed by atoms with Crippen LogP contribution in [0.3, 0.4) is 0 Å². The van der Waals surface area contributed by atoms with Crippen LogP contribution in [0.4, 0.5) is 0 Å². The summed E-state index contributed by atoms with van der Waals surface area (Å²) >= 11 is 0. The van der Waals surface area contributed by atoms with Gasteiger partial charge in [-0.3, -0.25) is 14.6 Å². The minimum atomic E-state index is -0.780. The number of ketones is 1. The molecule has 34 heavy (non-hydrogen) atoms. The number of methoxy groups -OCH3 is 3. The van der Waals surface area contributed by atoms with Crippen LogP contribution in [0.25, 0.3) is 0 Å². The van der Waals surface area contributed by atoms with Crippen LogP contribution < -0.4 is 14.2 Å². The van der Waals surface area contributed by atoms with E-state index in [4.69, 9.17) is 28.7 Å². The van der Waals surface area contributed by atoms with E-state index in [-0.39, 0.29) is 17.8 Å². The molecular formula is C26H35NO7. The largest absolute Gasteiger partial charge is 0.493 e. The number of rotatable bonds is 9. The second-order valence-electron chi connectivity index (χ2n) is 9.30. The molecule has 0 spiro atoms. The molecule has 186 valence electrons. The van der Waals surface area contributed by atoms with Gasteiger partial charge in [0.15, 0.2) is 17.3 Å². The number of ether oxygens (including phenoxy) is 5. The maximum Gasteiger partial charge on any atom is 0.315 e. The first kappa shape index (κ1) is 25.7. The predicted molar refractivity (Wildman–Crippen MR) is 128 cm³/mol. The predicted octanol–water partition coefficient (Wildman–Crippen LogP) is 4.11. The van der Waals surface area contributed by atoms with Crippen LogP contribution in [0, 0.1) is 11.3 Å². The van der Waals surface area contributed by atoms with Crippen LogP contribution >= 0.6 is 0 Å². The lowest BCUT2D eigenvalue weighted by atomic mass is 9.66. The van der Waals surface area contributed by atoms with Gasteiger partial charge in [-0.25, -0.2) is 0 Å². The summed E-state index contributed by atoms with van der Waals surface area (Å²) in [6, 6.07) is 3.58. The van der Waals surface area contributed by atoms with E-state index in [1.165, 1.54) is 14.2 Å². The summed E-state index contributed by atoms with van der Waals surface area (Å²) in [5, 5.41) is 0. The van der Waals surface area contributed by atoms with Gasteiger partial charge in [-0.1, -0.05) is 19.9 Å². The van der Waals surface area contributed by atoms with Crippen LogP contribution in [-0.4, -0.2) is 58.6 Å². The van der Waals surface area contributed by atoms with Gasteiger partial charge in [-0.05, 0) is 31.7 Å². The fourth-order valence-corrected chi connectivity index (χ4v) is 4.89. The molecule has 2 aliphatic rings. The number of hydrogen-bond acceptors (Lipinski definition) is 8. The Morgan fingerprint density at radius 2 is 1.76 bits per heavy atom. The zero-order valence-electron chi connectivity index (χ0n) is 21.1. The van der Waals surface area contributed by atoms with Gasteiger partial charge in [-0.2, -0.15) is 0 Å². The number of hydrogen-bond donors (Lipinski definition) is 0. The monoisotopic (exact) mass is 473 g/mol. The second-order valence-corrected chi connectivity index (χ2v) is 9.30. The molecule has 8 heteroatoms. The Morgan fingerprint density at radius 1 is 1.06 bits per heavy atom. The number of benzene rings is 1. The van der Waals surface area contributed by atoms with Gasteiger partial charge in [0.25, 0.3) is 0 Å². The van der Waals surface area contributed by atoms with Crippen molar-refractivity contribution in [3.8, 4) is 17.2 Å². The fraction of sp³-hybridized carbons (Fsp3) is 0.577. The molecule has 0 saturated carbocycles. The summed E-state index contributed by atoms with van der Waals surface area (Å²) < 4.78 is 27.6. The van der Waals surface area contributed by atoms with Crippen molar-refractivity contribution in [1.82, 2.24) is 0 Å². The number of carbonyl (C=O) groups is 2. The number of aliphatic imine (C=N–C) groups is 1. The average Bonchev–Trinajstić information content (AvgIpc) is 2.78. The van der Waals surface area contributed by atoms with Gasteiger partial charge in [0.2, 0.25) is 5.75 Å². The first-order valence-corrected chi connectivity index (χ1v) is 11.5. The van der Waals surface area contributed by atoms with Gasteiger partial charge in [0.1, 0.15) is 12.5 Å². The molecule has 8 nitrogen and oxygen atoms in total. The van der Waals surface area contributed by atoms with Gasteiger partial charge in [0, 0.05) is 41.5 Å². The van der Waals surface area contributed by atoms with Crippen molar-refractivity contribution in [2.75, 3.05) is 41.2 Å². The van der Waals surface area contributed by atoms with E-state index in [0.29, 0.717) is 60.2 Å². The van der Waals surface area contributed by atoms with Gasteiger partial charge >= 0.3 is 5.97 Å². The summed E-state index contributed by atoms with van der Waals surface area (Å²) in [6.45, 7) is 8.76. The van der Waals surface area contributed by atoms with E-state index < -0.39 is 17.8 Å². The van der Waals surface area contributed by atoms with Crippen molar-refractivity contribution >= 4 is 17.5 Å². The molecule has 0 radical (unpaired) electrons. The fourth-order valence-electron chi connectivity index (χ4n) is 4.89. The second kappa shape index (κ2) is 10.6. The van der Waals surface area contributed by atoms with Gasteiger partial charge < -0.3 is 23.7 Å². The van der Waals surface area contributed by atoms with Crippen molar-refractivity contribution in [2.24, 2.45) is 16.3 Å². The third-order valence-corrected chi connectivity index (χ3v) is 6.30. The lowest BCUT2D eigenvalue weighted by Crippen LogP contribution is -2.40. The van der Waals surface area contributed by atoms with E-state index in [1.807, 2.05) is 19.9 Å². The van der Waals surface area contributed by atoms with E-state index in [1.54, 1.807) is 13.2 Å². The highest BCUT2D eigenvalue weighted by atomic mass is 16.6. The number of nitrogens with zero attached hydrogens (tertiary/aromatic N) is 1. The Bertz CT molecular complexity index is 1010. The molecule has 0 aromatic heterocycles. The van der Waals surface area contributed by atoms with Crippen molar-refractivity contribution < 1.29 is 33.3 Å². The van der Waals surface area contributed by atoms with Crippen LogP contribution in [0.15, 0.2) is 28.4 Å². The van der Waals surface area contributed by atoms with Crippen LogP contribution in [0.5, 0.6) is 17.2 Å². The Balaban J connectivity index is 2.17. The Hall–Kier alpha value is -2.87. The summed E-state index contributed by atoms with van der Waals surface area (Å²) in [5.74, 6) is -0.563. The number of allylic oxidation sites excluding steroid dienone is 2. The van der Waals surface area contributed by atoms with Crippen LogP contribution in [0.1, 0.15) is 52.0 Å². The standard InChI is InChI=1S/C26H35NO7/c1-8-33-11-12-34-25(29)20-15(2)27-17-13-26(3,4)14-18(28)22(17)21(20)16-9-10-19(30-5)24(32-7)23(16)31-6/h9-10,20-21H,8,11-14H2,1-7H3/t20?,21-/m1/s1. The van der Waals surface area contributed by atoms with Crippen LogP contribution in [-0.2, 0) is 19.1 Å². The molecule has 3 rings (SSSR count). The summed E-state index contributed by atoms with van der Waals surface area (Å²) in [5.41, 5.74) is 2.31. The molecule has 0 N–H and O–H groups in total. The van der Waals surface area contributed by atoms with Gasteiger partial charge in [0.05, 0.1) is 27.9 Å². The smallest absolute Gasteiger partial charge is 0.315 e. The molecule has 1 aromatic rings. The van der Waals surface area contributed by atoms with E-state index in [9.17, 15) is 9.59 Å². The molecule has 0 amide bonds. The van der Waals surface area contributed by atoms with Crippen molar-refractivity contribution in [3.05, 3.63) is 29.0 Å². The van der Waals surface area contributed by atoms with E-state index >= 15 is 0 Å². The normalized spacial score (nSPS) is 21.5. The third-order valence-electron chi connectivity index (χ3n) is 6.30. The third kappa shape index (κ3) is 4.97. The number of carbonyl (C=O) groups excluding carboxylic acids is 2. The maximum atomic E-state index is 13.5. The van der Waals surface area contributed by atoms with Gasteiger partial charge in [-0.15, -0.1) is 0 Å². The highest BCUT2D eigenvalue weighted by Crippen LogP contribution is 2.52. The SMILES string of the molecule is CCOCCOC(=O)C1C(C)=NC2=C(C(=O)CC(C)(C)C2)[C@@H]1c1ccc(OC)c(OC)c1OC. The highest BCUT2D eigenvalue weighted by Gasteiger charge is 2.47. The molecule has 2 atom stereocenters. The minimum absolute atomic E-state index is 0.0172. The molecule has 1 aliphatic carbocycles. The molecular weight excluding hydrogens is 438 g/mol. The summed E-state index contributed by atoms with van der Waals surface area (Å²) in [7, 11) is 4.59. The van der Waals surface area contributed by atoms with E-state index in [2.05, 4.69) is 13.8 Å². The molecule has 1 aliphatic heterocycles. The molecule has 0 saturated heterocycles. The Kier molecular flexibility index (Phi) is 8.02. The first-order chi connectivity index (χ1) is 16.2. The zero-order valence-corrected chi connectivity index (χ0v) is 21.1. The quantitative estimate of drug-likeness (QED) is 0.394. The average molecular weight is 474 g/mol. The highest BCUT2D eigenvalue weighted by molar-refractivity contribution is 6.09. The zero-order chi connectivity index (χ0) is 25.0. The molecule has 1 aromatic carbocycles. The van der Waals surface area contributed by atoms with Crippen LogP contribution in [0.2, 0.25) is 0 Å². The lowest BCUT2D eigenvalue weighted by Gasteiger charge is -2.39. The topological polar surface area (TPSA) is 92.7 Å². The van der Waals surface area contributed by atoms with Crippen molar-refractivity contribution in [1.29, 1.82) is 0 Å². The molecule has 1 heterocycles. The Labute approximate surface area is 201 Å². The summed E-state index contributed by atoms with van der Waals surface area (Å²) in [4.78, 5) is 31.6. The Morgan fingerprint density at radius 3 is 2.38 bits per heavy atom. The number of esters is 1. The molecule has 0 fully saturated rings. The first-order valence-electron chi connectivity index (χ1n) is 11.5. The number of Topliss-reactive ketones (excluding diaryl/α,β-unsaturated/α-hetero) is 1. The van der Waals surface area contributed by atoms with E-state index in [0.717, 1.165) is 5.70 Å². The van der Waals surface area contributed by atoms with Crippen molar-refractivity contribution in [2.45, 2.75) is 46.5 Å². The maximum absolute atomic E-state index is 13.5.